The maximum Gasteiger partial charge on any atom is 0.311 e. The minimum Gasteiger partial charge on any atom is -0.481 e. The summed E-state index contributed by atoms with van der Waals surface area (Å²) in [5.41, 5.74) is -0.903. The minimum atomic E-state index is -0.903. The van der Waals surface area contributed by atoms with E-state index in [0.29, 0.717) is 38.5 Å². The van der Waals surface area contributed by atoms with Gasteiger partial charge in [0.05, 0.1) is 12.0 Å². The number of hydrogen-bond donors (Lipinski definition) is 2. The molecule has 3 aliphatic rings. The number of nitrogens with one attached hydrogen (secondary N) is 1. The van der Waals surface area contributed by atoms with Crippen molar-refractivity contribution in [2.45, 2.75) is 57.9 Å². The highest BCUT2D eigenvalue weighted by atomic mass is 16.5. The molecule has 0 aromatic heterocycles. The van der Waals surface area contributed by atoms with E-state index in [-0.39, 0.29) is 24.3 Å². The zero-order valence-electron chi connectivity index (χ0n) is 15.5. The summed E-state index contributed by atoms with van der Waals surface area (Å²) in [5.74, 6) is -0.881. The number of amides is 2. The third kappa shape index (κ3) is 3.87. The Bertz CT molecular complexity index is 560. The topological polar surface area (TPSA) is 95.9 Å². The molecule has 0 radical (unpaired) electrons. The molecule has 1 unspecified atom stereocenters. The fraction of sp³-hybridized carbons (Fsp3) is 0.842. The summed E-state index contributed by atoms with van der Waals surface area (Å²) in [6.07, 6.45) is 6.70. The molecular formula is C19H30N2O5. The molecule has 0 bridgehead atoms. The maximum absolute atomic E-state index is 12.8. The van der Waals surface area contributed by atoms with Crippen molar-refractivity contribution in [1.82, 2.24) is 10.2 Å². The van der Waals surface area contributed by atoms with Gasteiger partial charge in [0.15, 0.2) is 0 Å². The second kappa shape index (κ2) is 7.94. The van der Waals surface area contributed by atoms with E-state index in [0.717, 1.165) is 12.8 Å². The molecule has 146 valence electrons. The molecule has 3 fully saturated rings. The lowest BCUT2D eigenvalue weighted by Crippen LogP contribution is -2.48. The summed E-state index contributed by atoms with van der Waals surface area (Å²) in [6.45, 7) is 3.07. The van der Waals surface area contributed by atoms with Crippen LogP contribution in [0.3, 0.4) is 0 Å². The lowest BCUT2D eigenvalue weighted by Gasteiger charge is -2.33. The number of carboxylic acids is 1. The van der Waals surface area contributed by atoms with Gasteiger partial charge in [-0.2, -0.15) is 0 Å². The molecule has 1 saturated carbocycles. The van der Waals surface area contributed by atoms with E-state index < -0.39 is 17.4 Å². The smallest absolute Gasteiger partial charge is 0.311 e. The first kappa shape index (κ1) is 19.1. The fourth-order valence-corrected chi connectivity index (χ4v) is 4.76. The predicted octanol–water partition coefficient (Wildman–Crippen LogP) is 1.41. The van der Waals surface area contributed by atoms with Crippen LogP contribution in [-0.4, -0.2) is 60.1 Å². The molecule has 0 aromatic rings. The van der Waals surface area contributed by atoms with Gasteiger partial charge in [-0.3, -0.25) is 14.4 Å². The number of hydrogen-bond acceptors (Lipinski definition) is 4. The molecule has 7 heteroatoms. The summed E-state index contributed by atoms with van der Waals surface area (Å²) in [7, 11) is 0. The zero-order chi connectivity index (χ0) is 18.7. The molecular weight excluding hydrogens is 336 g/mol. The lowest BCUT2D eigenvalue weighted by atomic mass is 9.74. The Morgan fingerprint density at radius 3 is 2.65 bits per heavy atom. The predicted molar refractivity (Wildman–Crippen MR) is 94.4 cm³/mol. The van der Waals surface area contributed by atoms with Crippen LogP contribution in [0.4, 0.5) is 0 Å². The molecule has 2 heterocycles. The van der Waals surface area contributed by atoms with Crippen molar-refractivity contribution >= 4 is 17.8 Å². The average molecular weight is 366 g/mol. The van der Waals surface area contributed by atoms with E-state index in [1.165, 1.54) is 19.3 Å². The van der Waals surface area contributed by atoms with Gasteiger partial charge in [-0.15, -0.1) is 0 Å². The molecule has 0 spiro atoms. The summed E-state index contributed by atoms with van der Waals surface area (Å²) in [6, 6.07) is -0.627. The van der Waals surface area contributed by atoms with Crippen LogP contribution in [0.15, 0.2) is 0 Å². The highest BCUT2D eigenvalue weighted by molar-refractivity contribution is 5.88. The first-order valence-electron chi connectivity index (χ1n) is 9.81. The SMILES string of the molecule is CC(NC(=O)CC1CCCCC1)C(=O)N1C[C@H]2COCC[C@@]2(C(=O)O)C1. The molecule has 7 nitrogen and oxygen atoms in total. The Balaban J connectivity index is 1.55. The van der Waals surface area contributed by atoms with E-state index in [9.17, 15) is 19.5 Å². The van der Waals surface area contributed by atoms with Gasteiger partial charge < -0.3 is 20.1 Å². The van der Waals surface area contributed by atoms with Crippen molar-refractivity contribution < 1.29 is 24.2 Å². The molecule has 2 amide bonds. The number of nitrogens with zero attached hydrogens (tertiary/aromatic N) is 1. The minimum absolute atomic E-state index is 0.0781. The number of ether oxygens (including phenoxy) is 1. The van der Waals surface area contributed by atoms with Crippen LogP contribution < -0.4 is 5.32 Å². The number of carboxylic acid groups (broad SMARTS) is 1. The number of aliphatic carboxylic acids is 1. The van der Waals surface area contributed by atoms with E-state index in [1.807, 2.05) is 0 Å². The van der Waals surface area contributed by atoms with Gasteiger partial charge in [0, 0.05) is 32.0 Å². The Morgan fingerprint density at radius 1 is 1.27 bits per heavy atom. The molecule has 26 heavy (non-hydrogen) atoms. The van der Waals surface area contributed by atoms with Crippen molar-refractivity contribution in [1.29, 1.82) is 0 Å². The second-order valence-electron chi connectivity index (χ2n) is 8.20. The van der Waals surface area contributed by atoms with Crippen LogP contribution in [0.5, 0.6) is 0 Å². The van der Waals surface area contributed by atoms with Gasteiger partial charge in [-0.1, -0.05) is 19.3 Å². The molecule has 3 atom stereocenters. The zero-order valence-corrected chi connectivity index (χ0v) is 15.5. The Labute approximate surface area is 154 Å². The van der Waals surface area contributed by atoms with Gasteiger partial charge in [-0.25, -0.2) is 0 Å². The number of rotatable bonds is 5. The van der Waals surface area contributed by atoms with Gasteiger partial charge in [0.2, 0.25) is 11.8 Å². The number of carbonyl (C=O) groups is 3. The van der Waals surface area contributed by atoms with E-state index in [1.54, 1.807) is 11.8 Å². The van der Waals surface area contributed by atoms with Crippen LogP contribution in [0, 0.1) is 17.3 Å². The standard InChI is InChI=1S/C19H30N2O5/c1-13(20-16(22)9-14-5-3-2-4-6-14)17(23)21-10-15-11-26-8-7-19(15,12-21)18(24)25/h13-15H,2-12H2,1H3,(H,20,22)(H,24,25)/t13?,15-,19+/m0/s1. The number of likely N-dealkylation sites (tertiary alicyclic amines) is 1. The first-order valence-corrected chi connectivity index (χ1v) is 9.81. The number of carbonyl (C=O) groups excluding carboxylic acids is 2. The normalized spacial score (nSPS) is 30.5. The third-order valence-electron chi connectivity index (χ3n) is 6.39. The summed E-state index contributed by atoms with van der Waals surface area (Å²) >= 11 is 0. The molecule has 2 N–H and O–H groups in total. The molecule has 3 rings (SSSR count). The largest absolute Gasteiger partial charge is 0.481 e. The molecule has 2 saturated heterocycles. The van der Waals surface area contributed by atoms with Crippen molar-refractivity contribution in [2.24, 2.45) is 17.3 Å². The van der Waals surface area contributed by atoms with Crippen LogP contribution in [-0.2, 0) is 19.1 Å². The Kier molecular flexibility index (Phi) is 5.85. The van der Waals surface area contributed by atoms with Gasteiger partial charge in [0.25, 0.3) is 0 Å². The highest BCUT2D eigenvalue weighted by Gasteiger charge is 2.55. The third-order valence-corrected chi connectivity index (χ3v) is 6.39. The van der Waals surface area contributed by atoms with Gasteiger partial charge in [0.1, 0.15) is 6.04 Å². The van der Waals surface area contributed by atoms with E-state index in [4.69, 9.17) is 4.74 Å². The van der Waals surface area contributed by atoms with Crippen molar-refractivity contribution in [3.8, 4) is 0 Å². The van der Waals surface area contributed by atoms with Crippen molar-refractivity contribution in [2.75, 3.05) is 26.3 Å². The van der Waals surface area contributed by atoms with Gasteiger partial charge >= 0.3 is 5.97 Å². The highest BCUT2D eigenvalue weighted by Crippen LogP contribution is 2.42. The van der Waals surface area contributed by atoms with Crippen LogP contribution in [0.1, 0.15) is 51.9 Å². The molecule has 0 aromatic carbocycles. The van der Waals surface area contributed by atoms with Crippen LogP contribution >= 0.6 is 0 Å². The summed E-state index contributed by atoms with van der Waals surface area (Å²) in [5, 5.41) is 12.5. The quantitative estimate of drug-likeness (QED) is 0.767. The number of fused-ring (bicyclic) bond motifs is 1. The maximum atomic E-state index is 12.8. The Hall–Kier alpha value is -1.63. The van der Waals surface area contributed by atoms with Gasteiger partial charge in [-0.05, 0) is 32.1 Å². The van der Waals surface area contributed by atoms with Crippen molar-refractivity contribution in [3.63, 3.8) is 0 Å². The van der Waals surface area contributed by atoms with Crippen LogP contribution in [0.25, 0.3) is 0 Å². The van der Waals surface area contributed by atoms with E-state index >= 15 is 0 Å². The van der Waals surface area contributed by atoms with Crippen LogP contribution in [0.2, 0.25) is 0 Å². The van der Waals surface area contributed by atoms with Crippen molar-refractivity contribution in [3.05, 3.63) is 0 Å². The first-order chi connectivity index (χ1) is 12.4. The monoisotopic (exact) mass is 366 g/mol. The summed E-state index contributed by atoms with van der Waals surface area (Å²) in [4.78, 5) is 38.5. The van der Waals surface area contributed by atoms with E-state index in [2.05, 4.69) is 5.32 Å². The second-order valence-corrected chi connectivity index (χ2v) is 8.20. The average Bonchev–Trinajstić information content (AvgIpc) is 3.02. The summed E-state index contributed by atoms with van der Waals surface area (Å²) < 4.78 is 5.43. The Morgan fingerprint density at radius 2 is 2.00 bits per heavy atom. The lowest BCUT2D eigenvalue weighted by molar-refractivity contribution is -0.157. The molecule has 2 aliphatic heterocycles. The fourth-order valence-electron chi connectivity index (χ4n) is 4.76. The molecule has 1 aliphatic carbocycles.